The van der Waals surface area contributed by atoms with Crippen LogP contribution in [0.4, 0.5) is 4.39 Å². The molecule has 2 aromatic carbocycles. The number of amides is 1. The van der Waals surface area contributed by atoms with Crippen molar-refractivity contribution in [2.24, 2.45) is 0 Å². The summed E-state index contributed by atoms with van der Waals surface area (Å²) >= 11 is 0. The molecule has 5 nitrogen and oxygen atoms in total. The third kappa shape index (κ3) is 4.88. The minimum absolute atomic E-state index is 0.115. The zero-order valence-corrected chi connectivity index (χ0v) is 15.1. The Hall–Kier alpha value is -3.28. The molecule has 1 heterocycles. The molecule has 0 radical (unpaired) electrons. The Labute approximate surface area is 157 Å². The van der Waals surface area contributed by atoms with Crippen molar-refractivity contribution in [2.45, 2.75) is 26.3 Å². The molecule has 0 saturated heterocycles. The molecule has 0 aliphatic heterocycles. The van der Waals surface area contributed by atoms with Gasteiger partial charge in [-0.05, 0) is 55.8 Å². The molecule has 0 aliphatic carbocycles. The normalized spacial score (nSPS) is 11.7. The molecular formula is C21H20FN3O2. The van der Waals surface area contributed by atoms with Gasteiger partial charge in [-0.25, -0.2) is 4.39 Å². The number of hydrogen-bond acceptors (Lipinski definition) is 4. The van der Waals surface area contributed by atoms with Crippen LogP contribution in [0.15, 0.2) is 60.7 Å². The molecule has 3 rings (SSSR count). The number of halogens is 1. The fourth-order valence-corrected chi connectivity index (χ4v) is 2.38. The van der Waals surface area contributed by atoms with Gasteiger partial charge in [-0.1, -0.05) is 19.1 Å². The maximum atomic E-state index is 12.9. The van der Waals surface area contributed by atoms with E-state index >= 15 is 0 Å². The van der Waals surface area contributed by atoms with Gasteiger partial charge in [0.25, 0.3) is 5.91 Å². The highest BCUT2D eigenvalue weighted by Gasteiger charge is 2.10. The summed E-state index contributed by atoms with van der Waals surface area (Å²) in [6.07, 6.45) is 0.867. The summed E-state index contributed by atoms with van der Waals surface area (Å²) in [4.78, 5) is 12.3. The number of carbonyl (C=O) groups is 1. The lowest BCUT2D eigenvalue weighted by atomic mass is 10.1. The average Bonchev–Trinajstić information content (AvgIpc) is 2.70. The Morgan fingerprint density at radius 2 is 1.89 bits per heavy atom. The molecule has 27 heavy (non-hydrogen) atoms. The molecule has 1 aromatic heterocycles. The number of nitrogens with one attached hydrogen (secondary N) is 1. The van der Waals surface area contributed by atoms with Gasteiger partial charge in [0, 0.05) is 23.2 Å². The summed E-state index contributed by atoms with van der Waals surface area (Å²) in [6.45, 7) is 3.99. The second kappa shape index (κ2) is 8.40. The number of nitrogens with zero attached hydrogens (tertiary/aromatic N) is 2. The summed E-state index contributed by atoms with van der Waals surface area (Å²) in [7, 11) is 0. The number of benzene rings is 2. The first-order valence-corrected chi connectivity index (χ1v) is 8.73. The summed E-state index contributed by atoms with van der Waals surface area (Å²) in [6, 6.07) is 16.4. The molecule has 1 atom stereocenters. The van der Waals surface area contributed by atoms with Crippen LogP contribution in [0, 0.1) is 5.82 Å². The molecule has 0 spiro atoms. The Kier molecular flexibility index (Phi) is 5.76. The fourth-order valence-electron chi connectivity index (χ4n) is 2.38. The lowest BCUT2D eigenvalue weighted by Crippen LogP contribution is -2.31. The van der Waals surface area contributed by atoms with Crippen molar-refractivity contribution < 1.29 is 13.9 Å². The lowest BCUT2D eigenvalue weighted by Gasteiger charge is -2.12. The van der Waals surface area contributed by atoms with Gasteiger partial charge in [-0.2, -0.15) is 0 Å². The van der Waals surface area contributed by atoms with Crippen molar-refractivity contribution in [1.29, 1.82) is 0 Å². The van der Waals surface area contributed by atoms with Crippen molar-refractivity contribution in [3.63, 3.8) is 0 Å². The maximum Gasteiger partial charge on any atom is 0.251 e. The van der Waals surface area contributed by atoms with Crippen molar-refractivity contribution in [2.75, 3.05) is 0 Å². The van der Waals surface area contributed by atoms with Crippen LogP contribution in [0.3, 0.4) is 0 Å². The molecule has 0 bridgehead atoms. The largest absolute Gasteiger partial charge is 0.438 e. The van der Waals surface area contributed by atoms with E-state index in [1.807, 2.05) is 26.0 Å². The maximum absolute atomic E-state index is 12.9. The van der Waals surface area contributed by atoms with Crippen LogP contribution in [0.25, 0.3) is 11.3 Å². The second-order valence-corrected chi connectivity index (χ2v) is 6.18. The monoisotopic (exact) mass is 365 g/mol. The summed E-state index contributed by atoms with van der Waals surface area (Å²) in [5.74, 6) is 0.328. The van der Waals surface area contributed by atoms with Gasteiger partial charge < -0.3 is 10.1 Å². The van der Waals surface area contributed by atoms with Crippen LogP contribution in [0.5, 0.6) is 11.6 Å². The first kappa shape index (κ1) is 18.5. The number of ether oxygens (including phenoxy) is 1. The highest BCUT2D eigenvalue weighted by molar-refractivity contribution is 5.95. The second-order valence-electron chi connectivity index (χ2n) is 6.18. The van der Waals surface area contributed by atoms with Crippen molar-refractivity contribution in [3.8, 4) is 22.9 Å². The quantitative estimate of drug-likeness (QED) is 0.693. The van der Waals surface area contributed by atoms with Crippen molar-refractivity contribution >= 4 is 5.91 Å². The van der Waals surface area contributed by atoms with E-state index in [4.69, 9.17) is 4.74 Å². The van der Waals surface area contributed by atoms with Gasteiger partial charge >= 0.3 is 0 Å². The SMILES string of the molecule is CC[C@H](C)NC(=O)c1cccc(-c2ccc(Oc3ccc(F)cc3)nn2)c1. The molecule has 1 amide bonds. The van der Waals surface area contributed by atoms with E-state index in [9.17, 15) is 9.18 Å². The highest BCUT2D eigenvalue weighted by Crippen LogP contribution is 2.22. The third-order valence-electron chi connectivity index (χ3n) is 4.09. The molecule has 0 saturated carbocycles. The number of rotatable bonds is 6. The van der Waals surface area contributed by atoms with E-state index in [0.717, 1.165) is 12.0 Å². The molecule has 0 unspecified atom stereocenters. The van der Waals surface area contributed by atoms with Crippen molar-refractivity contribution in [1.82, 2.24) is 15.5 Å². The van der Waals surface area contributed by atoms with Gasteiger partial charge in [0.1, 0.15) is 11.6 Å². The minimum atomic E-state index is -0.332. The standard InChI is InChI=1S/C21H20FN3O2/c1-3-14(2)23-21(26)16-6-4-5-15(13-16)19-11-12-20(25-24-19)27-18-9-7-17(22)8-10-18/h4-14H,3H2,1-2H3,(H,23,26)/t14-/m0/s1. The van der Waals surface area contributed by atoms with Gasteiger partial charge in [0.15, 0.2) is 0 Å². The van der Waals surface area contributed by atoms with E-state index in [0.29, 0.717) is 22.9 Å². The molecule has 3 aromatic rings. The Bertz CT molecular complexity index is 911. The summed E-state index contributed by atoms with van der Waals surface area (Å²) in [5.41, 5.74) is 1.98. The van der Waals surface area contributed by atoms with Gasteiger partial charge in [-0.15, -0.1) is 10.2 Å². The van der Waals surface area contributed by atoms with Crippen LogP contribution in [0.2, 0.25) is 0 Å². The van der Waals surface area contributed by atoms with E-state index < -0.39 is 0 Å². The molecule has 0 fully saturated rings. The predicted molar refractivity (Wildman–Crippen MR) is 101 cm³/mol. The Morgan fingerprint density at radius 1 is 1.11 bits per heavy atom. The molecule has 138 valence electrons. The number of carbonyl (C=O) groups excluding carboxylic acids is 1. The van der Waals surface area contributed by atoms with Crippen LogP contribution < -0.4 is 10.1 Å². The van der Waals surface area contributed by atoms with Crippen LogP contribution in [0.1, 0.15) is 30.6 Å². The average molecular weight is 365 g/mol. The first-order valence-electron chi connectivity index (χ1n) is 8.73. The van der Waals surface area contributed by atoms with Gasteiger partial charge in [0.05, 0.1) is 5.69 Å². The van der Waals surface area contributed by atoms with Gasteiger partial charge in [0.2, 0.25) is 5.88 Å². The van der Waals surface area contributed by atoms with E-state index in [-0.39, 0.29) is 17.8 Å². The molecular weight excluding hydrogens is 345 g/mol. The molecule has 6 heteroatoms. The lowest BCUT2D eigenvalue weighted by molar-refractivity contribution is 0.0939. The zero-order valence-electron chi connectivity index (χ0n) is 15.1. The zero-order chi connectivity index (χ0) is 19.2. The topological polar surface area (TPSA) is 64.1 Å². The predicted octanol–water partition coefficient (Wildman–Crippen LogP) is 4.60. The third-order valence-corrected chi connectivity index (χ3v) is 4.09. The minimum Gasteiger partial charge on any atom is -0.438 e. The van der Waals surface area contributed by atoms with Crippen LogP contribution >= 0.6 is 0 Å². The molecule has 1 N–H and O–H groups in total. The number of hydrogen-bond donors (Lipinski definition) is 1. The fraction of sp³-hybridized carbons (Fsp3) is 0.190. The summed E-state index contributed by atoms with van der Waals surface area (Å²) < 4.78 is 18.5. The Morgan fingerprint density at radius 3 is 2.56 bits per heavy atom. The van der Waals surface area contributed by atoms with E-state index in [2.05, 4.69) is 15.5 Å². The van der Waals surface area contributed by atoms with E-state index in [1.165, 1.54) is 24.3 Å². The van der Waals surface area contributed by atoms with Crippen LogP contribution in [-0.4, -0.2) is 22.1 Å². The number of aromatic nitrogens is 2. The summed E-state index contributed by atoms with van der Waals surface area (Å²) in [5, 5.41) is 11.1. The smallest absolute Gasteiger partial charge is 0.251 e. The highest BCUT2D eigenvalue weighted by atomic mass is 19.1. The Balaban J connectivity index is 1.74. The van der Waals surface area contributed by atoms with Crippen molar-refractivity contribution in [3.05, 3.63) is 72.0 Å². The first-order chi connectivity index (χ1) is 13.0. The van der Waals surface area contributed by atoms with Crippen LogP contribution in [-0.2, 0) is 0 Å². The van der Waals surface area contributed by atoms with E-state index in [1.54, 1.807) is 24.3 Å². The molecule has 0 aliphatic rings. The van der Waals surface area contributed by atoms with Gasteiger partial charge in [-0.3, -0.25) is 4.79 Å².